The van der Waals surface area contributed by atoms with Crippen molar-refractivity contribution in [3.8, 4) is 5.75 Å². The molecule has 2 nitrogen and oxygen atoms in total. The molecule has 2 aromatic rings. The van der Waals surface area contributed by atoms with E-state index in [4.69, 9.17) is 22.1 Å². The SMILES string of the molecule is N[C@H]1CC(c2cccc(F)c2F)Oc2ccc(Cl)cc21. The zero-order valence-electron chi connectivity index (χ0n) is 10.4. The summed E-state index contributed by atoms with van der Waals surface area (Å²) >= 11 is 5.92. The summed E-state index contributed by atoms with van der Waals surface area (Å²) in [5.41, 5.74) is 7.04. The number of nitrogens with two attached hydrogens (primary N) is 1. The van der Waals surface area contributed by atoms with Crippen LogP contribution in [0.25, 0.3) is 0 Å². The molecule has 0 aliphatic carbocycles. The lowest BCUT2D eigenvalue weighted by Gasteiger charge is -2.30. The van der Waals surface area contributed by atoms with E-state index in [0.717, 1.165) is 11.6 Å². The fraction of sp³-hybridized carbons (Fsp3) is 0.200. The number of ether oxygens (including phenoxy) is 1. The summed E-state index contributed by atoms with van der Waals surface area (Å²) in [4.78, 5) is 0. The van der Waals surface area contributed by atoms with Crippen LogP contribution in [-0.4, -0.2) is 0 Å². The standard InChI is InChI=1S/C15H12ClF2NO/c16-8-4-5-13-10(6-8)12(19)7-14(20-13)9-2-1-3-11(17)15(9)18/h1-6,12,14H,7,19H2/t12-,14?/m0/s1. The van der Waals surface area contributed by atoms with Gasteiger partial charge in [0.25, 0.3) is 0 Å². The molecule has 0 bridgehead atoms. The van der Waals surface area contributed by atoms with E-state index in [0.29, 0.717) is 17.2 Å². The van der Waals surface area contributed by atoms with Crippen molar-refractivity contribution >= 4 is 11.6 Å². The average Bonchev–Trinajstić information content (AvgIpc) is 2.42. The summed E-state index contributed by atoms with van der Waals surface area (Å²) in [6.45, 7) is 0. The summed E-state index contributed by atoms with van der Waals surface area (Å²) < 4.78 is 32.9. The highest BCUT2D eigenvalue weighted by atomic mass is 35.5. The second kappa shape index (κ2) is 5.04. The van der Waals surface area contributed by atoms with Crippen molar-refractivity contribution in [1.29, 1.82) is 0 Å². The fourth-order valence-corrected chi connectivity index (χ4v) is 2.62. The van der Waals surface area contributed by atoms with E-state index in [1.165, 1.54) is 12.1 Å². The number of rotatable bonds is 1. The van der Waals surface area contributed by atoms with Crippen molar-refractivity contribution in [3.05, 3.63) is 64.2 Å². The van der Waals surface area contributed by atoms with E-state index in [1.807, 2.05) is 0 Å². The minimum absolute atomic E-state index is 0.182. The van der Waals surface area contributed by atoms with Gasteiger partial charge in [0.2, 0.25) is 0 Å². The molecule has 1 unspecified atom stereocenters. The molecule has 0 amide bonds. The maximum atomic E-state index is 13.8. The van der Waals surface area contributed by atoms with Crippen LogP contribution in [0, 0.1) is 11.6 Å². The normalized spacial score (nSPS) is 21.2. The Bertz CT molecular complexity index is 662. The number of hydrogen-bond donors (Lipinski definition) is 1. The summed E-state index contributed by atoms with van der Waals surface area (Å²) in [7, 11) is 0. The molecule has 1 aliphatic rings. The predicted molar refractivity (Wildman–Crippen MR) is 72.7 cm³/mol. The minimum atomic E-state index is -0.887. The average molecular weight is 296 g/mol. The van der Waals surface area contributed by atoms with Crippen LogP contribution in [0.4, 0.5) is 8.78 Å². The third kappa shape index (κ3) is 2.25. The van der Waals surface area contributed by atoms with Gasteiger partial charge >= 0.3 is 0 Å². The lowest BCUT2D eigenvalue weighted by atomic mass is 9.93. The minimum Gasteiger partial charge on any atom is -0.485 e. The first-order chi connectivity index (χ1) is 9.56. The van der Waals surface area contributed by atoms with Gasteiger partial charge in [0, 0.05) is 28.6 Å². The molecule has 1 aliphatic heterocycles. The summed E-state index contributed by atoms with van der Waals surface area (Å²) in [5.74, 6) is -1.22. The number of fused-ring (bicyclic) bond motifs is 1. The molecule has 2 atom stereocenters. The van der Waals surface area contributed by atoms with E-state index in [9.17, 15) is 8.78 Å². The van der Waals surface area contributed by atoms with Crippen molar-refractivity contribution in [2.45, 2.75) is 18.6 Å². The van der Waals surface area contributed by atoms with Crippen molar-refractivity contribution in [2.24, 2.45) is 5.73 Å². The van der Waals surface area contributed by atoms with Crippen LogP contribution in [0.15, 0.2) is 36.4 Å². The molecular weight excluding hydrogens is 284 g/mol. The van der Waals surface area contributed by atoms with Gasteiger partial charge in [-0.05, 0) is 24.3 Å². The van der Waals surface area contributed by atoms with E-state index in [2.05, 4.69) is 0 Å². The van der Waals surface area contributed by atoms with Crippen LogP contribution < -0.4 is 10.5 Å². The Hall–Kier alpha value is -1.65. The second-order valence-corrected chi connectivity index (χ2v) is 5.21. The Kier molecular flexibility index (Phi) is 3.36. The molecule has 104 valence electrons. The van der Waals surface area contributed by atoms with Gasteiger partial charge in [-0.25, -0.2) is 8.78 Å². The third-order valence-corrected chi connectivity index (χ3v) is 3.67. The largest absolute Gasteiger partial charge is 0.485 e. The Morgan fingerprint density at radius 1 is 1.15 bits per heavy atom. The van der Waals surface area contributed by atoms with Crippen molar-refractivity contribution < 1.29 is 13.5 Å². The summed E-state index contributed by atoms with van der Waals surface area (Å²) in [5, 5.41) is 0.568. The molecule has 0 saturated carbocycles. The van der Waals surface area contributed by atoms with Gasteiger partial charge in [-0.2, -0.15) is 0 Å². The number of halogens is 3. The Balaban J connectivity index is 1.99. The molecule has 0 fully saturated rings. The van der Waals surface area contributed by atoms with E-state index < -0.39 is 17.7 Å². The zero-order chi connectivity index (χ0) is 14.3. The highest BCUT2D eigenvalue weighted by Gasteiger charge is 2.29. The van der Waals surface area contributed by atoms with Crippen LogP contribution in [-0.2, 0) is 0 Å². The lowest BCUT2D eigenvalue weighted by Crippen LogP contribution is -2.25. The quantitative estimate of drug-likeness (QED) is 0.858. The molecule has 2 aromatic carbocycles. The van der Waals surface area contributed by atoms with E-state index >= 15 is 0 Å². The molecule has 3 rings (SSSR count). The number of benzene rings is 2. The summed E-state index contributed by atoms with van der Waals surface area (Å²) in [6, 6.07) is 8.83. The first-order valence-corrected chi connectivity index (χ1v) is 6.59. The van der Waals surface area contributed by atoms with E-state index in [-0.39, 0.29) is 11.6 Å². The number of hydrogen-bond acceptors (Lipinski definition) is 2. The first-order valence-electron chi connectivity index (χ1n) is 6.22. The first kappa shape index (κ1) is 13.3. The van der Waals surface area contributed by atoms with Gasteiger partial charge in [0.1, 0.15) is 11.9 Å². The van der Waals surface area contributed by atoms with Gasteiger partial charge in [0.15, 0.2) is 11.6 Å². The highest BCUT2D eigenvalue weighted by molar-refractivity contribution is 6.30. The summed E-state index contributed by atoms with van der Waals surface area (Å²) in [6.07, 6.45) is -0.234. The van der Waals surface area contributed by atoms with Gasteiger partial charge in [-0.15, -0.1) is 0 Å². The lowest BCUT2D eigenvalue weighted by molar-refractivity contribution is 0.156. The maximum absolute atomic E-state index is 13.8. The van der Waals surface area contributed by atoms with Gasteiger partial charge in [-0.3, -0.25) is 0 Å². The van der Waals surface area contributed by atoms with Gasteiger partial charge < -0.3 is 10.5 Å². The van der Waals surface area contributed by atoms with Crippen LogP contribution in [0.2, 0.25) is 5.02 Å². The molecule has 5 heteroatoms. The van der Waals surface area contributed by atoms with Crippen LogP contribution in [0.3, 0.4) is 0 Å². The molecule has 2 N–H and O–H groups in total. The van der Waals surface area contributed by atoms with Crippen molar-refractivity contribution in [3.63, 3.8) is 0 Å². The molecule has 0 aromatic heterocycles. The Labute approximate surface area is 120 Å². The van der Waals surface area contributed by atoms with Crippen LogP contribution in [0.5, 0.6) is 5.75 Å². The Morgan fingerprint density at radius 3 is 2.75 bits per heavy atom. The Morgan fingerprint density at radius 2 is 1.95 bits per heavy atom. The predicted octanol–water partition coefficient (Wildman–Crippen LogP) is 4.14. The molecule has 1 heterocycles. The maximum Gasteiger partial charge on any atom is 0.165 e. The molecule has 20 heavy (non-hydrogen) atoms. The monoisotopic (exact) mass is 295 g/mol. The fourth-order valence-electron chi connectivity index (χ4n) is 2.43. The smallest absolute Gasteiger partial charge is 0.165 e. The molecule has 0 spiro atoms. The zero-order valence-corrected chi connectivity index (χ0v) is 11.2. The molecule has 0 saturated heterocycles. The van der Waals surface area contributed by atoms with Gasteiger partial charge in [-0.1, -0.05) is 23.7 Å². The third-order valence-electron chi connectivity index (χ3n) is 3.44. The van der Waals surface area contributed by atoms with Crippen LogP contribution >= 0.6 is 11.6 Å². The second-order valence-electron chi connectivity index (χ2n) is 4.77. The van der Waals surface area contributed by atoms with Crippen molar-refractivity contribution in [2.75, 3.05) is 0 Å². The van der Waals surface area contributed by atoms with Crippen molar-refractivity contribution in [1.82, 2.24) is 0 Å². The topological polar surface area (TPSA) is 35.2 Å². The van der Waals surface area contributed by atoms with Gasteiger partial charge in [0.05, 0.1) is 0 Å². The molecule has 0 radical (unpaired) electrons. The van der Waals surface area contributed by atoms with Crippen LogP contribution in [0.1, 0.15) is 29.7 Å². The van der Waals surface area contributed by atoms with E-state index in [1.54, 1.807) is 18.2 Å². The highest BCUT2D eigenvalue weighted by Crippen LogP contribution is 2.41. The molecular formula is C15H12ClF2NO.